The molecule has 0 aliphatic carbocycles. The molecule has 1 aliphatic heterocycles. The van der Waals surface area contributed by atoms with E-state index in [4.69, 9.17) is 11.6 Å². The SMILES string of the molecule is O=C1c2ccccc2C(=O)N1Nc1ncnc2scc(-c3ccc(Cl)cc3)c12. The van der Waals surface area contributed by atoms with Gasteiger partial charge in [-0.05, 0) is 29.8 Å². The maximum atomic E-state index is 12.7. The van der Waals surface area contributed by atoms with Crippen LogP contribution in [0.3, 0.4) is 0 Å². The van der Waals surface area contributed by atoms with Gasteiger partial charge in [0.2, 0.25) is 0 Å². The number of nitrogens with zero attached hydrogens (tertiary/aromatic N) is 3. The molecule has 28 heavy (non-hydrogen) atoms. The Morgan fingerprint density at radius 3 is 2.25 bits per heavy atom. The van der Waals surface area contributed by atoms with Crippen LogP contribution in [0.5, 0.6) is 0 Å². The minimum atomic E-state index is -0.407. The van der Waals surface area contributed by atoms with E-state index in [0.717, 1.165) is 26.4 Å². The summed E-state index contributed by atoms with van der Waals surface area (Å²) in [5, 5.41) is 4.35. The largest absolute Gasteiger partial charge is 0.280 e. The number of imide groups is 1. The summed E-state index contributed by atoms with van der Waals surface area (Å²) in [6.07, 6.45) is 1.41. The molecule has 0 fully saturated rings. The average molecular weight is 407 g/mol. The van der Waals surface area contributed by atoms with E-state index in [1.54, 1.807) is 36.4 Å². The van der Waals surface area contributed by atoms with E-state index in [0.29, 0.717) is 22.0 Å². The van der Waals surface area contributed by atoms with Crippen LogP contribution >= 0.6 is 22.9 Å². The lowest BCUT2D eigenvalue weighted by Gasteiger charge is -2.16. The van der Waals surface area contributed by atoms with Gasteiger partial charge in [-0.2, -0.15) is 5.01 Å². The molecule has 1 aliphatic rings. The van der Waals surface area contributed by atoms with Gasteiger partial charge in [-0.15, -0.1) is 11.3 Å². The number of aromatic nitrogens is 2. The van der Waals surface area contributed by atoms with E-state index in [-0.39, 0.29) is 0 Å². The highest BCUT2D eigenvalue weighted by Gasteiger charge is 2.36. The van der Waals surface area contributed by atoms with Crippen molar-refractivity contribution >= 4 is 50.8 Å². The lowest BCUT2D eigenvalue weighted by Crippen LogP contribution is -2.35. The molecule has 2 aromatic heterocycles. The maximum Gasteiger partial charge on any atom is 0.280 e. The third kappa shape index (κ3) is 2.56. The van der Waals surface area contributed by atoms with Crippen LogP contribution in [0.15, 0.2) is 60.2 Å². The molecule has 8 heteroatoms. The number of thiophene rings is 1. The van der Waals surface area contributed by atoms with Crippen LogP contribution in [0.2, 0.25) is 5.02 Å². The summed E-state index contributed by atoms with van der Waals surface area (Å²) in [4.78, 5) is 34.7. The number of rotatable bonds is 3. The predicted molar refractivity (Wildman–Crippen MR) is 108 cm³/mol. The highest BCUT2D eigenvalue weighted by atomic mass is 35.5. The molecular formula is C20H11ClN4O2S. The number of fused-ring (bicyclic) bond motifs is 2. The summed E-state index contributed by atoms with van der Waals surface area (Å²) in [5.74, 6) is -0.419. The third-order valence-corrected chi connectivity index (χ3v) is 5.68. The number of amides is 2. The smallest absolute Gasteiger partial charge is 0.271 e. The Morgan fingerprint density at radius 2 is 1.57 bits per heavy atom. The van der Waals surface area contributed by atoms with Crippen molar-refractivity contribution < 1.29 is 9.59 Å². The topological polar surface area (TPSA) is 75.2 Å². The monoisotopic (exact) mass is 406 g/mol. The van der Waals surface area contributed by atoms with Gasteiger partial charge in [0.15, 0.2) is 5.82 Å². The first kappa shape index (κ1) is 16.9. The molecule has 2 amide bonds. The predicted octanol–water partition coefficient (Wildman–Crippen LogP) is 4.63. The lowest BCUT2D eigenvalue weighted by atomic mass is 10.1. The minimum absolute atomic E-state index is 0.369. The van der Waals surface area contributed by atoms with E-state index >= 15 is 0 Å². The summed E-state index contributed by atoms with van der Waals surface area (Å²) >= 11 is 7.46. The molecule has 136 valence electrons. The normalized spacial score (nSPS) is 13.2. The van der Waals surface area contributed by atoms with Gasteiger partial charge in [0, 0.05) is 16.0 Å². The number of nitrogens with one attached hydrogen (secondary N) is 1. The fourth-order valence-electron chi connectivity index (χ4n) is 3.20. The zero-order chi connectivity index (χ0) is 19.3. The van der Waals surface area contributed by atoms with Crippen LogP contribution in [-0.2, 0) is 0 Å². The van der Waals surface area contributed by atoms with Crippen molar-refractivity contribution in [3.05, 3.63) is 76.4 Å². The number of halogens is 1. The quantitative estimate of drug-likeness (QED) is 0.502. The van der Waals surface area contributed by atoms with Crippen LogP contribution < -0.4 is 5.43 Å². The molecule has 0 atom stereocenters. The van der Waals surface area contributed by atoms with Gasteiger partial charge in [0.05, 0.1) is 16.5 Å². The van der Waals surface area contributed by atoms with Gasteiger partial charge < -0.3 is 0 Å². The van der Waals surface area contributed by atoms with Crippen molar-refractivity contribution in [2.24, 2.45) is 0 Å². The van der Waals surface area contributed by atoms with Crippen molar-refractivity contribution in [3.8, 4) is 11.1 Å². The van der Waals surface area contributed by atoms with E-state index in [9.17, 15) is 9.59 Å². The molecule has 0 radical (unpaired) electrons. The second kappa shape index (κ2) is 6.40. The Hall–Kier alpha value is -3.29. The van der Waals surface area contributed by atoms with Crippen molar-refractivity contribution in [2.45, 2.75) is 0 Å². The molecule has 3 heterocycles. The van der Waals surface area contributed by atoms with Gasteiger partial charge in [0.25, 0.3) is 11.8 Å². The van der Waals surface area contributed by atoms with Crippen LogP contribution in [0.4, 0.5) is 5.82 Å². The zero-order valence-electron chi connectivity index (χ0n) is 14.2. The molecule has 0 saturated heterocycles. The van der Waals surface area contributed by atoms with E-state index in [1.165, 1.54) is 17.7 Å². The van der Waals surface area contributed by atoms with Crippen LogP contribution in [-0.4, -0.2) is 26.8 Å². The summed E-state index contributed by atoms with van der Waals surface area (Å²) < 4.78 is 0. The van der Waals surface area contributed by atoms with Gasteiger partial charge in [-0.3, -0.25) is 15.0 Å². The number of hydrogen-bond acceptors (Lipinski definition) is 6. The fourth-order valence-corrected chi connectivity index (χ4v) is 4.24. The van der Waals surface area contributed by atoms with Crippen molar-refractivity contribution in [1.29, 1.82) is 0 Å². The number of anilines is 1. The summed E-state index contributed by atoms with van der Waals surface area (Å²) in [5.41, 5.74) is 5.48. The highest BCUT2D eigenvalue weighted by molar-refractivity contribution is 7.17. The first-order chi connectivity index (χ1) is 13.6. The number of carbonyl (C=O) groups excluding carboxylic acids is 2. The molecule has 2 aromatic carbocycles. The van der Waals surface area contributed by atoms with Gasteiger partial charge in [0.1, 0.15) is 11.2 Å². The number of hydrazine groups is 1. The molecule has 0 unspecified atom stereocenters. The van der Waals surface area contributed by atoms with E-state index in [1.807, 2.05) is 17.5 Å². The number of hydrogen-bond donors (Lipinski definition) is 1. The fraction of sp³-hybridized carbons (Fsp3) is 0. The standard InChI is InChI=1S/C20H11ClN4O2S/c21-12-7-5-11(6-8-12)15-9-28-18-16(15)17(22-10-23-18)24-25-19(26)13-3-1-2-4-14(13)20(25)27/h1-10H,(H,22,23,24). The van der Waals surface area contributed by atoms with Crippen LogP contribution in [0.1, 0.15) is 20.7 Å². The number of carbonyl (C=O) groups is 2. The average Bonchev–Trinajstić information content (AvgIpc) is 3.25. The highest BCUT2D eigenvalue weighted by Crippen LogP contribution is 2.37. The van der Waals surface area contributed by atoms with E-state index < -0.39 is 11.8 Å². The first-order valence-electron chi connectivity index (χ1n) is 8.36. The second-order valence-electron chi connectivity index (χ2n) is 6.16. The molecule has 5 rings (SSSR count). The number of benzene rings is 2. The Kier molecular flexibility index (Phi) is 3.85. The van der Waals surface area contributed by atoms with Crippen molar-refractivity contribution in [2.75, 3.05) is 5.43 Å². The molecule has 0 spiro atoms. The van der Waals surface area contributed by atoms with E-state index in [2.05, 4.69) is 15.4 Å². The molecule has 6 nitrogen and oxygen atoms in total. The van der Waals surface area contributed by atoms with Gasteiger partial charge >= 0.3 is 0 Å². The minimum Gasteiger partial charge on any atom is -0.271 e. The van der Waals surface area contributed by atoms with Gasteiger partial charge in [-0.25, -0.2) is 9.97 Å². The molecule has 4 aromatic rings. The van der Waals surface area contributed by atoms with Crippen LogP contribution in [0, 0.1) is 0 Å². The molecule has 1 N–H and O–H groups in total. The molecular weight excluding hydrogens is 396 g/mol. The van der Waals surface area contributed by atoms with Crippen molar-refractivity contribution in [1.82, 2.24) is 15.0 Å². The Labute approximate surface area is 168 Å². The van der Waals surface area contributed by atoms with Crippen LogP contribution in [0.25, 0.3) is 21.3 Å². The van der Waals surface area contributed by atoms with Crippen molar-refractivity contribution in [3.63, 3.8) is 0 Å². The van der Waals surface area contributed by atoms with Gasteiger partial charge in [-0.1, -0.05) is 35.9 Å². The summed E-state index contributed by atoms with van der Waals surface area (Å²) in [6, 6.07) is 14.2. The maximum absolute atomic E-state index is 12.7. The Balaban J connectivity index is 1.59. The summed E-state index contributed by atoms with van der Waals surface area (Å²) in [7, 11) is 0. The second-order valence-corrected chi connectivity index (χ2v) is 7.46. The Morgan fingerprint density at radius 1 is 0.893 bits per heavy atom. The first-order valence-corrected chi connectivity index (χ1v) is 9.62. The lowest BCUT2D eigenvalue weighted by molar-refractivity contribution is 0.0691. The Bertz CT molecular complexity index is 1220. The molecule has 0 bridgehead atoms. The third-order valence-electron chi connectivity index (χ3n) is 4.54. The zero-order valence-corrected chi connectivity index (χ0v) is 15.8. The summed E-state index contributed by atoms with van der Waals surface area (Å²) in [6.45, 7) is 0. The molecule has 0 saturated carbocycles.